The van der Waals surface area contributed by atoms with Crippen LogP contribution in [0.2, 0.25) is 0 Å². The third-order valence-electron chi connectivity index (χ3n) is 5.57. The fourth-order valence-corrected chi connectivity index (χ4v) is 4.06. The van der Waals surface area contributed by atoms with E-state index >= 15 is 0 Å². The number of hydrogen-bond acceptors (Lipinski definition) is 4. The number of nitrogens with zero attached hydrogens (tertiary/aromatic N) is 2. The van der Waals surface area contributed by atoms with Crippen LogP contribution in [0.5, 0.6) is 0 Å². The summed E-state index contributed by atoms with van der Waals surface area (Å²) in [5.74, 6) is 0.109. The van der Waals surface area contributed by atoms with Gasteiger partial charge in [0.2, 0.25) is 5.91 Å². The van der Waals surface area contributed by atoms with Gasteiger partial charge in [0.1, 0.15) is 0 Å². The van der Waals surface area contributed by atoms with E-state index < -0.39 is 0 Å². The lowest BCUT2D eigenvalue weighted by atomic mass is 9.73. The van der Waals surface area contributed by atoms with Crippen molar-refractivity contribution in [2.45, 2.75) is 45.4 Å². The molecule has 1 N–H and O–H groups in total. The molecule has 1 aliphatic heterocycles. The summed E-state index contributed by atoms with van der Waals surface area (Å²) >= 11 is 0. The minimum atomic E-state index is 0.109. The van der Waals surface area contributed by atoms with Gasteiger partial charge in [0.05, 0.1) is 19.6 Å². The third-order valence-corrected chi connectivity index (χ3v) is 5.57. The number of hydrogen-bond donors (Lipinski definition) is 1. The van der Waals surface area contributed by atoms with E-state index in [-0.39, 0.29) is 11.3 Å². The molecule has 2 fully saturated rings. The Hall–Kier alpha value is -1.46. The van der Waals surface area contributed by atoms with Crippen LogP contribution in [-0.2, 0) is 16.0 Å². The second-order valence-corrected chi connectivity index (χ2v) is 7.71. The topological polar surface area (TPSA) is 54.5 Å². The first kappa shape index (κ1) is 18.3. The number of aryl methyl sites for hydroxylation is 1. The Bertz CT molecular complexity index is 547. The summed E-state index contributed by atoms with van der Waals surface area (Å²) < 4.78 is 5.48. The summed E-state index contributed by atoms with van der Waals surface area (Å²) in [5, 5.41) is 3.22. The Balaban J connectivity index is 1.54. The van der Waals surface area contributed by atoms with Gasteiger partial charge in [-0.15, -0.1) is 0 Å². The summed E-state index contributed by atoms with van der Waals surface area (Å²) in [4.78, 5) is 19.2. The van der Waals surface area contributed by atoms with Gasteiger partial charge in [0, 0.05) is 43.5 Å². The fraction of sp³-hybridized carbons (Fsp3) is 0.700. The first-order chi connectivity index (χ1) is 12.2. The van der Waals surface area contributed by atoms with E-state index in [9.17, 15) is 4.79 Å². The van der Waals surface area contributed by atoms with Gasteiger partial charge >= 0.3 is 0 Å². The molecule has 0 radical (unpaired) electrons. The molecule has 0 aromatic carbocycles. The molecule has 0 atom stereocenters. The Morgan fingerprint density at radius 3 is 2.68 bits per heavy atom. The summed E-state index contributed by atoms with van der Waals surface area (Å²) in [6.45, 7) is 7.55. The lowest BCUT2D eigenvalue weighted by Gasteiger charge is -2.42. The third kappa shape index (κ3) is 5.51. The highest BCUT2D eigenvalue weighted by Crippen LogP contribution is 2.36. The average molecular weight is 345 g/mol. The molecule has 1 saturated carbocycles. The summed E-state index contributed by atoms with van der Waals surface area (Å²) in [6, 6.07) is 3.95. The second-order valence-electron chi connectivity index (χ2n) is 7.71. The van der Waals surface area contributed by atoms with Crippen LogP contribution in [-0.4, -0.2) is 55.2 Å². The Morgan fingerprint density at radius 2 is 2.00 bits per heavy atom. The number of carbonyl (C=O) groups excluding carboxylic acids is 1. The van der Waals surface area contributed by atoms with E-state index in [4.69, 9.17) is 4.74 Å². The smallest absolute Gasteiger partial charge is 0.224 e. The minimum absolute atomic E-state index is 0.109. The quantitative estimate of drug-likeness (QED) is 0.860. The first-order valence-corrected chi connectivity index (χ1v) is 9.64. The molecular formula is C20H31N3O2. The number of morpholine rings is 1. The Labute approximate surface area is 151 Å². The van der Waals surface area contributed by atoms with E-state index in [1.807, 2.05) is 19.1 Å². The van der Waals surface area contributed by atoms with Crippen molar-refractivity contribution in [2.75, 3.05) is 39.4 Å². The van der Waals surface area contributed by atoms with Crippen LogP contribution in [0.25, 0.3) is 0 Å². The molecule has 0 unspecified atom stereocenters. The largest absolute Gasteiger partial charge is 0.379 e. The fourth-order valence-electron chi connectivity index (χ4n) is 4.06. The van der Waals surface area contributed by atoms with Gasteiger partial charge in [-0.1, -0.05) is 25.3 Å². The van der Waals surface area contributed by atoms with Crippen LogP contribution in [0, 0.1) is 12.3 Å². The molecule has 0 bridgehead atoms. The van der Waals surface area contributed by atoms with E-state index in [2.05, 4.69) is 15.2 Å². The zero-order chi connectivity index (χ0) is 17.5. The lowest BCUT2D eigenvalue weighted by molar-refractivity contribution is -0.121. The average Bonchev–Trinajstić information content (AvgIpc) is 2.64. The van der Waals surface area contributed by atoms with Crippen LogP contribution in [0.4, 0.5) is 0 Å². The molecule has 1 saturated heterocycles. The van der Waals surface area contributed by atoms with Gasteiger partial charge in [-0.3, -0.25) is 14.7 Å². The molecule has 1 aromatic rings. The van der Waals surface area contributed by atoms with Crippen molar-refractivity contribution in [1.29, 1.82) is 0 Å². The Morgan fingerprint density at radius 1 is 1.24 bits per heavy atom. The van der Waals surface area contributed by atoms with Gasteiger partial charge in [-0.25, -0.2) is 0 Å². The maximum absolute atomic E-state index is 12.4. The number of nitrogens with one attached hydrogen (secondary N) is 1. The molecule has 1 amide bonds. The molecule has 2 heterocycles. The van der Waals surface area contributed by atoms with Gasteiger partial charge < -0.3 is 10.1 Å². The van der Waals surface area contributed by atoms with Crippen molar-refractivity contribution in [2.24, 2.45) is 5.41 Å². The van der Waals surface area contributed by atoms with Crippen molar-refractivity contribution < 1.29 is 9.53 Å². The van der Waals surface area contributed by atoms with Crippen molar-refractivity contribution in [3.05, 3.63) is 29.6 Å². The van der Waals surface area contributed by atoms with Crippen LogP contribution in [0.15, 0.2) is 18.3 Å². The highest BCUT2D eigenvalue weighted by Gasteiger charge is 2.34. The van der Waals surface area contributed by atoms with Gasteiger partial charge in [0.15, 0.2) is 0 Å². The summed E-state index contributed by atoms with van der Waals surface area (Å²) in [7, 11) is 0. The highest BCUT2D eigenvalue weighted by atomic mass is 16.5. The normalized spacial score (nSPS) is 21.0. The lowest BCUT2D eigenvalue weighted by Crippen LogP contribution is -2.49. The summed E-state index contributed by atoms with van der Waals surface area (Å²) in [6.07, 6.45) is 8.55. The van der Waals surface area contributed by atoms with Crippen molar-refractivity contribution in [1.82, 2.24) is 15.2 Å². The van der Waals surface area contributed by atoms with Crippen molar-refractivity contribution in [3.8, 4) is 0 Å². The molecule has 1 aromatic heterocycles. The van der Waals surface area contributed by atoms with Crippen LogP contribution in [0.1, 0.15) is 43.4 Å². The summed E-state index contributed by atoms with van der Waals surface area (Å²) in [5.41, 5.74) is 2.20. The first-order valence-electron chi connectivity index (χ1n) is 9.64. The molecule has 0 spiro atoms. The maximum atomic E-state index is 12.4. The van der Waals surface area contributed by atoms with E-state index in [0.29, 0.717) is 6.42 Å². The van der Waals surface area contributed by atoms with Crippen LogP contribution < -0.4 is 5.32 Å². The van der Waals surface area contributed by atoms with Crippen molar-refractivity contribution >= 4 is 5.91 Å². The van der Waals surface area contributed by atoms with E-state index in [1.54, 1.807) is 6.20 Å². The molecule has 5 nitrogen and oxygen atoms in total. The number of pyridine rings is 1. The predicted octanol–water partition coefficient (Wildman–Crippen LogP) is 2.33. The molecule has 138 valence electrons. The molecule has 5 heteroatoms. The van der Waals surface area contributed by atoms with E-state index in [0.717, 1.165) is 50.7 Å². The SMILES string of the molecule is Cc1ccc(CC(=O)NCC2(CN3CCOCC3)CCCCC2)cn1. The number of rotatable bonds is 6. The van der Waals surface area contributed by atoms with E-state index in [1.165, 1.54) is 32.1 Å². The number of aromatic nitrogens is 1. The standard InChI is InChI=1S/C20H31N3O2/c1-17-5-6-18(14-21-17)13-19(24)22-15-20(7-3-2-4-8-20)16-23-9-11-25-12-10-23/h5-6,14H,2-4,7-13,15-16H2,1H3,(H,22,24). The zero-order valence-electron chi connectivity index (χ0n) is 15.4. The zero-order valence-corrected chi connectivity index (χ0v) is 15.4. The second kappa shape index (κ2) is 8.77. The number of carbonyl (C=O) groups is 1. The maximum Gasteiger partial charge on any atom is 0.224 e. The van der Waals surface area contributed by atoms with Crippen LogP contribution in [0.3, 0.4) is 0 Å². The van der Waals surface area contributed by atoms with Gasteiger partial charge in [0.25, 0.3) is 0 Å². The van der Waals surface area contributed by atoms with Crippen molar-refractivity contribution in [3.63, 3.8) is 0 Å². The molecule has 2 aliphatic rings. The monoisotopic (exact) mass is 345 g/mol. The highest BCUT2D eigenvalue weighted by molar-refractivity contribution is 5.78. The van der Waals surface area contributed by atoms with Gasteiger partial charge in [-0.05, 0) is 31.4 Å². The number of amides is 1. The Kier molecular flexibility index (Phi) is 6.43. The molecule has 3 rings (SSSR count). The molecule has 1 aliphatic carbocycles. The molecular weight excluding hydrogens is 314 g/mol. The molecule has 25 heavy (non-hydrogen) atoms. The number of ether oxygens (including phenoxy) is 1. The van der Waals surface area contributed by atoms with Crippen LogP contribution >= 0.6 is 0 Å². The predicted molar refractivity (Wildman–Crippen MR) is 98.5 cm³/mol. The van der Waals surface area contributed by atoms with Gasteiger partial charge in [-0.2, -0.15) is 0 Å². The minimum Gasteiger partial charge on any atom is -0.379 e.